The van der Waals surface area contributed by atoms with Crippen molar-refractivity contribution in [3.8, 4) is 0 Å². The third kappa shape index (κ3) is 4.48. The smallest absolute Gasteiger partial charge is 0.253 e. The summed E-state index contributed by atoms with van der Waals surface area (Å²) in [5, 5.41) is 5.02. The van der Waals surface area contributed by atoms with Crippen LogP contribution in [0.1, 0.15) is 40.9 Å². The van der Waals surface area contributed by atoms with Crippen molar-refractivity contribution in [3.05, 3.63) is 64.2 Å². The standard InChI is InChI=1S/C21H24N2O2S/c1-14-5-6-16(15(2)9-14)12-25-13-21(3,4)23-20(24)17-10-19-18(22-11-17)7-8-26-19/h5-11H,12-13H2,1-4H3,(H,23,24). The second kappa shape index (κ2) is 7.56. The Morgan fingerprint density at radius 2 is 2.04 bits per heavy atom. The van der Waals surface area contributed by atoms with Crippen molar-refractivity contribution in [1.82, 2.24) is 10.3 Å². The number of fused-ring (bicyclic) bond motifs is 1. The Morgan fingerprint density at radius 1 is 1.23 bits per heavy atom. The predicted molar refractivity (Wildman–Crippen MR) is 107 cm³/mol. The third-order valence-electron chi connectivity index (χ3n) is 4.24. The van der Waals surface area contributed by atoms with E-state index in [-0.39, 0.29) is 5.91 Å². The number of nitrogens with one attached hydrogen (secondary N) is 1. The number of amides is 1. The first kappa shape index (κ1) is 18.5. The number of carbonyl (C=O) groups is 1. The van der Waals surface area contributed by atoms with E-state index in [1.807, 2.05) is 31.4 Å². The van der Waals surface area contributed by atoms with Crippen molar-refractivity contribution in [2.24, 2.45) is 0 Å². The molecule has 0 bridgehead atoms. The van der Waals surface area contributed by atoms with E-state index in [2.05, 4.69) is 42.3 Å². The van der Waals surface area contributed by atoms with Crippen LogP contribution in [0.2, 0.25) is 0 Å². The summed E-state index contributed by atoms with van der Waals surface area (Å²) in [6.45, 7) is 9.06. The highest BCUT2D eigenvalue weighted by molar-refractivity contribution is 7.17. The van der Waals surface area contributed by atoms with Crippen LogP contribution >= 0.6 is 11.3 Å². The molecule has 1 aromatic carbocycles. The van der Waals surface area contributed by atoms with Gasteiger partial charge in [0.25, 0.3) is 5.91 Å². The summed E-state index contributed by atoms with van der Waals surface area (Å²) in [6.07, 6.45) is 1.62. The van der Waals surface area contributed by atoms with Gasteiger partial charge in [-0.25, -0.2) is 0 Å². The van der Waals surface area contributed by atoms with E-state index in [1.165, 1.54) is 16.7 Å². The van der Waals surface area contributed by atoms with E-state index in [4.69, 9.17) is 4.74 Å². The Bertz CT molecular complexity index is 931. The minimum atomic E-state index is -0.472. The van der Waals surface area contributed by atoms with E-state index in [1.54, 1.807) is 17.5 Å². The van der Waals surface area contributed by atoms with Crippen LogP contribution in [0.4, 0.5) is 0 Å². The molecular weight excluding hydrogens is 344 g/mol. The quantitative estimate of drug-likeness (QED) is 0.690. The van der Waals surface area contributed by atoms with Crippen LogP contribution < -0.4 is 5.32 Å². The predicted octanol–water partition coefficient (Wildman–Crippen LogP) is 4.64. The molecule has 0 radical (unpaired) electrons. The number of ether oxygens (including phenoxy) is 1. The van der Waals surface area contributed by atoms with Gasteiger partial charge in [-0.3, -0.25) is 9.78 Å². The van der Waals surface area contributed by atoms with Crippen LogP contribution in [0.5, 0.6) is 0 Å². The van der Waals surface area contributed by atoms with E-state index in [9.17, 15) is 4.79 Å². The average Bonchev–Trinajstić information content (AvgIpc) is 3.04. The average molecular weight is 369 g/mol. The topological polar surface area (TPSA) is 51.2 Å². The highest BCUT2D eigenvalue weighted by Gasteiger charge is 2.22. The van der Waals surface area contributed by atoms with Gasteiger partial charge >= 0.3 is 0 Å². The number of rotatable bonds is 6. The number of aromatic nitrogens is 1. The molecule has 2 heterocycles. The Hall–Kier alpha value is -2.24. The summed E-state index contributed by atoms with van der Waals surface area (Å²) in [7, 11) is 0. The van der Waals surface area contributed by atoms with Gasteiger partial charge < -0.3 is 10.1 Å². The SMILES string of the molecule is Cc1ccc(COCC(C)(C)NC(=O)c2cnc3ccsc3c2)c(C)c1. The Kier molecular flexibility index (Phi) is 5.39. The molecule has 0 aliphatic carbocycles. The Morgan fingerprint density at radius 3 is 2.81 bits per heavy atom. The van der Waals surface area contributed by atoms with Crippen molar-refractivity contribution in [2.75, 3.05) is 6.61 Å². The first-order chi connectivity index (χ1) is 12.3. The fourth-order valence-corrected chi connectivity index (χ4v) is 3.59. The fourth-order valence-electron chi connectivity index (χ4n) is 2.81. The Labute approximate surface area is 158 Å². The molecule has 1 amide bonds. The first-order valence-electron chi connectivity index (χ1n) is 8.64. The van der Waals surface area contributed by atoms with E-state index in [0.717, 1.165) is 10.2 Å². The van der Waals surface area contributed by atoms with E-state index >= 15 is 0 Å². The summed E-state index contributed by atoms with van der Waals surface area (Å²) in [5.74, 6) is -0.132. The molecule has 4 nitrogen and oxygen atoms in total. The molecule has 0 unspecified atom stereocenters. The lowest BCUT2D eigenvalue weighted by Crippen LogP contribution is -2.47. The van der Waals surface area contributed by atoms with Gasteiger partial charge in [0.1, 0.15) is 0 Å². The summed E-state index contributed by atoms with van der Waals surface area (Å²) < 4.78 is 6.89. The van der Waals surface area contributed by atoms with Gasteiger partial charge in [-0.15, -0.1) is 11.3 Å². The maximum atomic E-state index is 12.5. The number of thiophene rings is 1. The molecule has 136 valence electrons. The number of benzene rings is 1. The fraction of sp³-hybridized carbons (Fsp3) is 0.333. The van der Waals surface area contributed by atoms with Crippen molar-refractivity contribution in [2.45, 2.75) is 39.8 Å². The molecule has 1 N–H and O–H groups in total. The maximum absolute atomic E-state index is 12.5. The largest absolute Gasteiger partial charge is 0.374 e. The molecule has 0 fully saturated rings. The molecule has 26 heavy (non-hydrogen) atoms. The minimum Gasteiger partial charge on any atom is -0.374 e. The number of pyridine rings is 1. The minimum absolute atomic E-state index is 0.132. The zero-order valence-electron chi connectivity index (χ0n) is 15.6. The zero-order valence-corrected chi connectivity index (χ0v) is 16.4. The highest BCUT2D eigenvalue weighted by Crippen LogP contribution is 2.20. The summed E-state index contributed by atoms with van der Waals surface area (Å²) in [5.41, 5.74) is 4.66. The molecular formula is C21H24N2O2S. The monoisotopic (exact) mass is 368 g/mol. The molecule has 0 spiro atoms. The highest BCUT2D eigenvalue weighted by atomic mass is 32.1. The first-order valence-corrected chi connectivity index (χ1v) is 9.52. The zero-order chi connectivity index (χ0) is 18.7. The van der Waals surface area contributed by atoms with Crippen molar-refractivity contribution in [1.29, 1.82) is 0 Å². The molecule has 0 atom stereocenters. The normalized spacial score (nSPS) is 11.7. The lowest BCUT2D eigenvalue weighted by molar-refractivity contribution is 0.0615. The van der Waals surface area contributed by atoms with Crippen molar-refractivity contribution in [3.63, 3.8) is 0 Å². The summed E-state index contributed by atoms with van der Waals surface area (Å²) in [4.78, 5) is 16.9. The van der Waals surface area contributed by atoms with E-state index in [0.29, 0.717) is 18.8 Å². The van der Waals surface area contributed by atoms with Gasteiger partial charge in [0.05, 0.1) is 34.5 Å². The van der Waals surface area contributed by atoms with Gasteiger partial charge in [0.2, 0.25) is 0 Å². The number of aryl methyl sites for hydroxylation is 2. The second-order valence-electron chi connectivity index (χ2n) is 7.29. The summed E-state index contributed by atoms with van der Waals surface area (Å²) >= 11 is 1.58. The van der Waals surface area contributed by atoms with Crippen LogP contribution in [-0.2, 0) is 11.3 Å². The second-order valence-corrected chi connectivity index (χ2v) is 8.24. The van der Waals surface area contributed by atoms with Crippen LogP contribution in [0, 0.1) is 13.8 Å². The molecule has 0 saturated carbocycles. The van der Waals surface area contributed by atoms with Gasteiger partial charge in [0.15, 0.2) is 0 Å². The van der Waals surface area contributed by atoms with Gasteiger partial charge in [-0.2, -0.15) is 0 Å². The van der Waals surface area contributed by atoms with Crippen LogP contribution in [-0.4, -0.2) is 23.0 Å². The molecule has 0 saturated heterocycles. The van der Waals surface area contributed by atoms with Crippen LogP contribution in [0.25, 0.3) is 10.2 Å². The summed E-state index contributed by atoms with van der Waals surface area (Å²) in [6, 6.07) is 10.2. The van der Waals surface area contributed by atoms with Gasteiger partial charge in [0, 0.05) is 6.20 Å². The lowest BCUT2D eigenvalue weighted by atomic mass is 10.1. The molecule has 2 aromatic heterocycles. The van der Waals surface area contributed by atoms with Crippen LogP contribution in [0.3, 0.4) is 0 Å². The Balaban J connectivity index is 1.58. The van der Waals surface area contributed by atoms with Crippen molar-refractivity contribution >= 4 is 27.5 Å². The van der Waals surface area contributed by atoms with Crippen molar-refractivity contribution < 1.29 is 9.53 Å². The molecule has 0 aliphatic rings. The molecule has 3 aromatic rings. The van der Waals surface area contributed by atoms with Crippen LogP contribution in [0.15, 0.2) is 41.9 Å². The number of carbonyl (C=O) groups excluding carboxylic acids is 1. The van der Waals surface area contributed by atoms with E-state index < -0.39 is 5.54 Å². The molecule has 5 heteroatoms. The van der Waals surface area contributed by atoms with Gasteiger partial charge in [-0.1, -0.05) is 23.8 Å². The number of hydrogen-bond donors (Lipinski definition) is 1. The molecule has 0 aliphatic heterocycles. The number of nitrogens with zero attached hydrogens (tertiary/aromatic N) is 1. The third-order valence-corrected chi connectivity index (χ3v) is 5.09. The lowest BCUT2D eigenvalue weighted by Gasteiger charge is -2.26. The number of hydrogen-bond acceptors (Lipinski definition) is 4. The van der Waals surface area contributed by atoms with Gasteiger partial charge in [-0.05, 0) is 56.3 Å². The maximum Gasteiger partial charge on any atom is 0.253 e. The molecule has 3 rings (SSSR count).